The molecule has 5 nitrogen and oxygen atoms in total. The molecular formula is C31H36N3O2+. The van der Waals surface area contributed by atoms with Crippen molar-refractivity contribution in [3.8, 4) is 16.9 Å². The smallest absolute Gasteiger partial charge is 0.261 e. The summed E-state index contributed by atoms with van der Waals surface area (Å²) < 4.78 is 1.97. The average molecular weight is 483 g/mol. The second-order valence-electron chi connectivity index (χ2n) is 10.3. The number of aryl methyl sites for hydroxylation is 3. The number of rotatable bonds is 7. The lowest BCUT2D eigenvalue weighted by Crippen LogP contribution is -3.13. The third-order valence-corrected chi connectivity index (χ3v) is 7.65. The van der Waals surface area contributed by atoms with E-state index >= 15 is 0 Å². The summed E-state index contributed by atoms with van der Waals surface area (Å²) in [5, 5.41) is 10.3. The van der Waals surface area contributed by atoms with Gasteiger partial charge in [0.25, 0.3) is 5.56 Å². The highest BCUT2D eigenvalue weighted by atomic mass is 16.3. The van der Waals surface area contributed by atoms with E-state index in [1.54, 1.807) is 17.0 Å². The molecule has 2 heterocycles. The van der Waals surface area contributed by atoms with Gasteiger partial charge < -0.3 is 10.0 Å². The van der Waals surface area contributed by atoms with E-state index in [1.165, 1.54) is 30.5 Å². The Kier molecular flexibility index (Phi) is 7.19. The van der Waals surface area contributed by atoms with Crippen LogP contribution in [0.3, 0.4) is 0 Å². The molecule has 0 bridgehead atoms. The van der Waals surface area contributed by atoms with Gasteiger partial charge in [-0.2, -0.15) is 0 Å². The number of phenolic OH excluding ortho intramolecular Hbond substituents is 1. The van der Waals surface area contributed by atoms with E-state index in [4.69, 9.17) is 4.98 Å². The number of aromatic hydroxyl groups is 1. The minimum absolute atomic E-state index is 0.0585. The van der Waals surface area contributed by atoms with Crippen molar-refractivity contribution in [1.82, 2.24) is 9.55 Å². The van der Waals surface area contributed by atoms with Gasteiger partial charge in [-0.25, -0.2) is 4.98 Å². The van der Waals surface area contributed by atoms with Crippen molar-refractivity contribution in [2.24, 2.45) is 5.92 Å². The number of hydrogen-bond donors (Lipinski definition) is 2. The minimum atomic E-state index is 0.0585. The van der Waals surface area contributed by atoms with Gasteiger partial charge in [0.15, 0.2) is 0 Å². The Balaban J connectivity index is 1.53. The summed E-state index contributed by atoms with van der Waals surface area (Å²) in [7, 11) is 0. The Labute approximate surface area is 213 Å². The van der Waals surface area contributed by atoms with Gasteiger partial charge in [0.05, 0.1) is 30.5 Å². The van der Waals surface area contributed by atoms with Crippen molar-refractivity contribution in [3.63, 3.8) is 0 Å². The first-order valence-corrected chi connectivity index (χ1v) is 13.2. The van der Waals surface area contributed by atoms with Crippen molar-refractivity contribution in [3.05, 3.63) is 94.0 Å². The number of likely N-dealkylation sites (tertiary alicyclic amines) is 1. The molecule has 4 aromatic rings. The maximum atomic E-state index is 13.9. The molecule has 5 heteroatoms. The predicted octanol–water partition coefficient (Wildman–Crippen LogP) is 4.18. The quantitative estimate of drug-likeness (QED) is 0.416. The third-order valence-electron chi connectivity index (χ3n) is 7.65. The topological polar surface area (TPSA) is 59.6 Å². The van der Waals surface area contributed by atoms with Gasteiger partial charge in [0, 0.05) is 18.9 Å². The molecule has 186 valence electrons. The van der Waals surface area contributed by atoms with Crippen LogP contribution in [-0.2, 0) is 19.4 Å². The van der Waals surface area contributed by atoms with Gasteiger partial charge in [-0.05, 0) is 74.1 Å². The highest BCUT2D eigenvalue weighted by Crippen LogP contribution is 2.25. The molecule has 1 saturated heterocycles. The summed E-state index contributed by atoms with van der Waals surface area (Å²) in [5.41, 5.74) is 5.26. The van der Waals surface area contributed by atoms with Crippen LogP contribution in [-0.4, -0.2) is 34.3 Å². The number of aromatic nitrogens is 2. The minimum Gasteiger partial charge on any atom is -0.508 e. The second kappa shape index (κ2) is 10.7. The van der Waals surface area contributed by atoms with E-state index in [1.807, 2.05) is 34.9 Å². The van der Waals surface area contributed by atoms with E-state index in [0.29, 0.717) is 11.3 Å². The SMILES string of the molecule is CC[NH+]1CCCC(Cn2c(CCc3ccc(C)cc3)nc3ccc(-c4ccc(O)cc4)cc3c2=O)C1. The number of hydrogen-bond acceptors (Lipinski definition) is 3. The summed E-state index contributed by atoms with van der Waals surface area (Å²) in [6.45, 7) is 8.57. The molecule has 1 fully saturated rings. The molecular weight excluding hydrogens is 446 g/mol. The van der Waals surface area contributed by atoms with Crippen LogP contribution in [0.1, 0.15) is 36.7 Å². The van der Waals surface area contributed by atoms with Crippen molar-refractivity contribution < 1.29 is 10.0 Å². The van der Waals surface area contributed by atoms with Gasteiger partial charge in [-0.3, -0.25) is 9.36 Å². The molecule has 1 aliphatic rings. The van der Waals surface area contributed by atoms with Crippen molar-refractivity contribution in [1.29, 1.82) is 0 Å². The van der Waals surface area contributed by atoms with E-state index in [-0.39, 0.29) is 11.3 Å². The lowest BCUT2D eigenvalue weighted by atomic mass is 9.97. The molecule has 0 saturated carbocycles. The van der Waals surface area contributed by atoms with Crippen LogP contribution in [0, 0.1) is 12.8 Å². The van der Waals surface area contributed by atoms with Gasteiger partial charge in [-0.15, -0.1) is 0 Å². The lowest BCUT2D eigenvalue weighted by Gasteiger charge is -2.30. The molecule has 2 unspecified atom stereocenters. The Morgan fingerprint density at radius 1 is 1.00 bits per heavy atom. The van der Waals surface area contributed by atoms with Gasteiger partial charge in [-0.1, -0.05) is 48.0 Å². The maximum Gasteiger partial charge on any atom is 0.261 e. The molecule has 3 aromatic carbocycles. The number of nitrogens with zero attached hydrogens (tertiary/aromatic N) is 2. The fourth-order valence-electron chi connectivity index (χ4n) is 5.48. The van der Waals surface area contributed by atoms with Crippen LogP contribution in [0.25, 0.3) is 22.0 Å². The molecule has 1 aromatic heterocycles. The van der Waals surface area contributed by atoms with Crippen LogP contribution in [0.2, 0.25) is 0 Å². The second-order valence-corrected chi connectivity index (χ2v) is 10.3. The van der Waals surface area contributed by atoms with Crippen molar-refractivity contribution in [2.45, 2.75) is 46.1 Å². The Morgan fingerprint density at radius 3 is 2.50 bits per heavy atom. The molecule has 36 heavy (non-hydrogen) atoms. The number of nitrogens with one attached hydrogen (secondary N) is 1. The van der Waals surface area contributed by atoms with E-state index in [9.17, 15) is 9.90 Å². The Bertz CT molecular complexity index is 1390. The van der Waals surface area contributed by atoms with Crippen LogP contribution in [0.5, 0.6) is 5.75 Å². The Hall–Kier alpha value is -3.44. The van der Waals surface area contributed by atoms with E-state index < -0.39 is 0 Å². The maximum absolute atomic E-state index is 13.9. The summed E-state index contributed by atoms with van der Waals surface area (Å²) >= 11 is 0. The summed E-state index contributed by atoms with van der Waals surface area (Å²) in [6.07, 6.45) is 3.98. The zero-order chi connectivity index (χ0) is 25.1. The monoisotopic (exact) mass is 482 g/mol. The lowest BCUT2D eigenvalue weighted by molar-refractivity contribution is -0.907. The molecule has 2 N–H and O–H groups in total. The highest BCUT2D eigenvalue weighted by Gasteiger charge is 2.24. The number of quaternary nitrogens is 1. The van der Waals surface area contributed by atoms with Gasteiger partial charge in [0.2, 0.25) is 0 Å². The summed E-state index contributed by atoms with van der Waals surface area (Å²) in [5.74, 6) is 1.61. The molecule has 2 atom stereocenters. The number of benzene rings is 3. The standard InChI is InChI=1S/C31H35N3O2/c1-3-33-18-4-5-24(20-33)21-34-30(17-10-23-8-6-22(2)7-9-23)32-29-16-13-26(19-28(29)31(34)36)25-11-14-27(35)15-12-25/h6-9,11-16,19,24,35H,3-5,10,17-18,20-21H2,1-2H3/p+1. The zero-order valence-corrected chi connectivity index (χ0v) is 21.3. The van der Waals surface area contributed by atoms with Crippen LogP contribution < -0.4 is 10.5 Å². The van der Waals surface area contributed by atoms with Crippen LogP contribution in [0.15, 0.2) is 71.5 Å². The van der Waals surface area contributed by atoms with E-state index in [0.717, 1.165) is 54.9 Å². The zero-order valence-electron chi connectivity index (χ0n) is 21.3. The molecule has 0 amide bonds. The number of phenols is 1. The van der Waals surface area contributed by atoms with Crippen LogP contribution in [0.4, 0.5) is 0 Å². The molecule has 5 rings (SSSR count). The van der Waals surface area contributed by atoms with Crippen molar-refractivity contribution >= 4 is 10.9 Å². The number of piperidine rings is 1. The molecule has 0 spiro atoms. The normalized spacial score (nSPS) is 17.9. The fraction of sp³-hybridized carbons (Fsp3) is 0.355. The van der Waals surface area contributed by atoms with Crippen LogP contribution >= 0.6 is 0 Å². The first-order valence-electron chi connectivity index (χ1n) is 13.2. The highest BCUT2D eigenvalue weighted by molar-refractivity contribution is 5.84. The first kappa shape index (κ1) is 24.3. The first-order chi connectivity index (χ1) is 17.5. The Morgan fingerprint density at radius 2 is 1.75 bits per heavy atom. The average Bonchev–Trinajstić information content (AvgIpc) is 2.90. The fourth-order valence-corrected chi connectivity index (χ4v) is 5.48. The largest absolute Gasteiger partial charge is 0.508 e. The summed E-state index contributed by atoms with van der Waals surface area (Å²) in [6, 6.07) is 21.7. The number of fused-ring (bicyclic) bond motifs is 1. The molecule has 0 aliphatic carbocycles. The summed E-state index contributed by atoms with van der Waals surface area (Å²) in [4.78, 5) is 20.6. The van der Waals surface area contributed by atoms with Gasteiger partial charge in [0.1, 0.15) is 11.6 Å². The third kappa shape index (κ3) is 5.36. The van der Waals surface area contributed by atoms with Crippen molar-refractivity contribution in [2.75, 3.05) is 19.6 Å². The predicted molar refractivity (Wildman–Crippen MR) is 146 cm³/mol. The molecule has 0 radical (unpaired) electrons. The van der Waals surface area contributed by atoms with E-state index in [2.05, 4.69) is 38.1 Å². The van der Waals surface area contributed by atoms with Gasteiger partial charge >= 0.3 is 0 Å². The molecule has 1 aliphatic heterocycles.